The molecule has 0 atom stereocenters. The summed E-state index contributed by atoms with van der Waals surface area (Å²) < 4.78 is 7.00. The molecule has 2 aromatic heterocycles. The standard InChI is InChI=1S/C12H17N5O/c1-4-11-12(13)15-16-17(11)7-9-6-10(18-3)5-8(2)14-9/h5-6H,4,7,13H2,1-3H3. The van der Waals surface area contributed by atoms with Gasteiger partial charge in [-0.1, -0.05) is 12.1 Å². The Hall–Kier alpha value is -2.11. The molecule has 0 radical (unpaired) electrons. The molecule has 0 spiro atoms. The van der Waals surface area contributed by atoms with Crippen LogP contribution in [0.25, 0.3) is 0 Å². The number of hydrogen-bond donors (Lipinski definition) is 1. The van der Waals surface area contributed by atoms with Crippen LogP contribution in [0.2, 0.25) is 0 Å². The molecule has 2 rings (SSSR count). The van der Waals surface area contributed by atoms with Crippen molar-refractivity contribution in [1.29, 1.82) is 0 Å². The van der Waals surface area contributed by atoms with Crippen LogP contribution in [0.1, 0.15) is 24.0 Å². The molecule has 0 bridgehead atoms. The minimum absolute atomic E-state index is 0.483. The van der Waals surface area contributed by atoms with Gasteiger partial charge in [0.15, 0.2) is 5.82 Å². The largest absolute Gasteiger partial charge is 0.497 e. The lowest BCUT2D eigenvalue weighted by atomic mass is 10.2. The summed E-state index contributed by atoms with van der Waals surface area (Å²) in [4.78, 5) is 4.45. The molecule has 6 nitrogen and oxygen atoms in total. The lowest BCUT2D eigenvalue weighted by Crippen LogP contribution is -2.08. The van der Waals surface area contributed by atoms with Crippen molar-refractivity contribution in [1.82, 2.24) is 20.0 Å². The summed E-state index contributed by atoms with van der Waals surface area (Å²) in [6.07, 6.45) is 0.793. The van der Waals surface area contributed by atoms with Crippen molar-refractivity contribution in [2.24, 2.45) is 0 Å². The van der Waals surface area contributed by atoms with Crippen LogP contribution in [0.15, 0.2) is 12.1 Å². The summed E-state index contributed by atoms with van der Waals surface area (Å²) in [6, 6.07) is 3.78. The lowest BCUT2D eigenvalue weighted by molar-refractivity contribution is 0.412. The fraction of sp³-hybridized carbons (Fsp3) is 0.417. The molecule has 0 aromatic carbocycles. The van der Waals surface area contributed by atoms with Crippen LogP contribution in [0.4, 0.5) is 5.82 Å². The Labute approximate surface area is 106 Å². The molecule has 0 aliphatic heterocycles. The third-order valence-electron chi connectivity index (χ3n) is 2.73. The molecule has 6 heteroatoms. The van der Waals surface area contributed by atoms with Gasteiger partial charge in [0, 0.05) is 17.8 Å². The lowest BCUT2D eigenvalue weighted by Gasteiger charge is -2.07. The molecule has 0 aliphatic rings. The first-order valence-electron chi connectivity index (χ1n) is 5.83. The molecule has 0 fully saturated rings. The summed E-state index contributed by atoms with van der Waals surface area (Å²) in [7, 11) is 1.64. The number of nitrogen functional groups attached to an aromatic ring is 1. The van der Waals surface area contributed by atoms with Gasteiger partial charge in [-0.25, -0.2) is 4.68 Å². The Bertz CT molecular complexity index is 549. The molecule has 0 unspecified atom stereocenters. The molecular weight excluding hydrogens is 230 g/mol. The topological polar surface area (TPSA) is 78.8 Å². The van der Waals surface area contributed by atoms with Crippen molar-refractivity contribution < 1.29 is 4.74 Å². The van der Waals surface area contributed by atoms with Gasteiger partial charge in [-0.05, 0) is 13.3 Å². The summed E-state index contributed by atoms with van der Waals surface area (Å²) >= 11 is 0. The van der Waals surface area contributed by atoms with Crippen molar-refractivity contribution in [2.45, 2.75) is 26.8 Å². The van der Waals surface area contributed by atoms with Crippen LogP contribution in [0.5, 0.6) is 5.75 Å². The third kappa shape index (κ3) is 2.42. The molecule has 0 saturated carbocycles. The smallest absolute Gasteiger partial charge is 0.169 e. The Morgan fingerprint density at radius 1 is 1.39 bits per heavy atom. The van der Waals surface area contributed by atoms with Crippen molar-refractivity contribution in [3.8, 4) is 5.75 Å². The number of nitrogens with two attached hydrogens (primary N) is 1. The molecule has 0 saturated heterocycles. The molecule has 2 aromatic rings. The van der Waals surface area contributed by atoms with E-state index >= 15 is 0 Å². The number of aromatic nitrogens is 4. The van der Waals surface area contributed by atoms with Gasteiger partial charge in [-0.15, -0.1) is 5.10 Å². The number of methoxy groups -OCH3 is 1. The number of hydrogen-bond acceptors (Lipinski definition) is 5. The third-order valence-corrected chi connectivity index (χ3v) is 2.73. The summed E-state index contributed by atoms with van der Waals surface area (Å²) in [5, 5.41) is 7.91. The van der Waals surface area contributed by atoms with Gasteiger partial charge in [-0.2, -0.15) is 0 Å². The monoisotopic (exact) mass is 247 g/mol. The van der Waals surface area contributed by atoms with E-state index in [0.717, 1.165) is 29.3 Å². The van der Waals surface area contributed by atoms with Crippen molar-refractivity contribution in [3.63, 3.8) is 0 Å². The first-order valence-corrected chi connectivity index (χ1v) is 5.83. The van der Waals surface area contributed by atoms with Gasteiger partial charge in [0.1, 0.15) is 5.75 Å². The fourth-order valence-electron chi connectivity index (χ4n) is 1.89. The molecule has 0 aliphatic carbocycles. The van der Waals surface area contributed by atoms with E-state index in [0.29, 0.717) is 12.4 Å². The predicted octanol–water partition coefficient (Wildman–Crippen LogP) is 1.18. The average Bonchev–Trinajstić information content (AvgIpc) is 2.69. The van der Waals surface area contributed by atoms with Crippen molar-refractivity contribution in [2.75, 3.05) is 12.8 Å². The number of pyridine rings is 1. The molecular formula is C12H17N5O. The Morgan fingerprint density at radius 3 is 2.83 bits per heavy atom. The highest BCUT2D eigenvalue weighted by Gasteiger charge is 2.09. The number of nitrogens with zero attached hydrogens (tertiary/aromatic N) is 4. The normalized spacial score (nSPS) is 10.6. The zero-order valence-electron chi connectivity index (χ0n) is 10.8. The van der Waals surface area contributed by atoms with Gasteiger partial charge < -0.3 is 10.5 Å². The highest BCUT2D eigenvalue weighted by atomic mass is 16.5. The fourth-order valence-corrected chi connectivity index (χ4v) is 1.89. The van der Waals surface area contributed by atoms with E-state index in [4.69, 9.17) is 10.5 Å². The second-order valence-corrected chi connectivity index (χ2v) is 4.07. The Balaban J connectivity index is 2.30. The minimum atomic E-state index is 0.483. The molecule has 0 amide bonds. The maximum atomic E-state index is 5.75. The van der Waals surface area contributed by atoms with E-state index in [2.05, 4.69) is 15.3 Å². The summed E-state index contributed by atoms with van der Waals surface area (Å²) in [6.45, 7) is 4.50. The van der Waals surface area contributed by atoms with Crippen molar-refractivity contribution >= 4 is 5.82 Å². The number of rotatable bonds is 4. The second kappa shape index (κ2) is 5.03. The SMILES string of the molecule is CCc1c(N)nnn1Cc1cc(OC)cc(C)n1. The van der Waals surface area contributed by atoms with Crippen LogP contribution in [-0.4, -0.2) is 27.1 Å². The minimum Gasteiger partial charge on any atom is -0.497 e. The molecule has 2 N–H and O–H groups in total. The van der Waals surface area contributed by atoms with E-state index in [9.17, 15) is 0 Å². The highest BCUT2D eigenvalue weighted by molar-refractivity contribution is 5.33. The first-order chi connectivity index (χ1) is 8.63. The molecule has 2 heterocycles. The molecule has 18 heavy (non-hydrogen) atoms. The van der Waals surface area contributed by atoms with Crippen LogP contribution in [0, 0.1) is 6.92 Å². The van der Waals surface area contributed by atoms with Crippen LogP contribution in [0.3, 0.4) is 0 Å². The zero-order chi connectivity index (χ0) is 13.1. The Kier molecular flexibility index (Phi) is 3.45. The predicted molar refractivity (Wildman–Crippen MR) is 68.4 cm³/mol. The highest BCUT2D eigenvalue weighted by Crippen LogP contribution is 2.15. The molecule has 96 valence electrons. The quantitative estimate of drug-likeness (QED) is 0.877. The van der Waals surface area contributed by atoms with Gasteiger partial charge in [0.2, 0.25) is 0 Å². The van der Waals surface area contributed by atoms with E-state index in [1.165, 1.54) is 0 Å². The summed E-state index contributed by atoms with van der Waals surface area (Å²) in [5.74, 6) is 1.28. The number of aryl methyl sites for hydroxylation is 1. The maximum Gasteiger partial charge on any atom is 0.169 e. The van der Waals surface area contributed by atoms with Crippen LogP contribution < -0.4 is 10.5 Å². The van der Waals surface area contributed by atoms with Gasteiger partial charge >= 0.3 is 0 Å². The van der Waals surface area contributed by atoms with E-state index in [-0.39, 0.29) is 0 Å². The van der Waals surface area contributed by atoms with Gasteiger partial charge in [-0.3, -0.25) is 4.98 Å². The van der Waals surface area contributed by atoms with Gasteiger partial charge in [0.05, 0.1) is 25.0 Å². The number of anilines is 1. The Morgan fingerprint density at radius 2 is 2.17 bits per heavy atom. The van der Waals surface area contributed by atoms with Crippen LogP contribution in [-0.2, 0) is 13.0 Å². The second-order valence-electron chi connectivity index (χ2n) is 4.07. The number of ether oxygens (including phenoxy) is 1. The average molecular weight is 247 g/mol. The van der Waals surface area contributed by atoms with Crippen molar-refractivity contribution in [3.05, 3.63) is 29.2 Å². The zero-order valence-corrected chi connectivity index (χ0v) is 10.8. The van der Waals surface area contributed by atoms with Gasteiger partial charge in [0.25, 0.3) is 0 Å². The first kappa shape index (κ1) is 12.3. The van der Waals surface area contributed by atoms with E-state index < -0.39 is 0 Å². The van der Waals surface area contributed by atoms with Crippen LogP contribution >= 0.6 is 0 Å². The maximum absolute atomic E-state index is 5.75. The summed E-state index contributed by atoms with van der Waals surface area (Å²) in [5.41, 5.74) is 8.47. The van der Waals surface area contributed by atoms with E-state index in [1.54, 1.807) is 11.8 Å². The van der Waals surface area contributed by atoms with E-state index in [1.807, 2.05) is 26.0 Å².